The minimum absolute atomic E-state index is 0.349. The molecular weight excluding hydrogens is 150 g/mol. The molecule has 0 bridgehead atoms. The molecule has 0 aromatic heterocycles. The molecule has 1 aliphatic heterocycles. The smallest absolute Gasteiger partial charge is 0.0682 e. The van der Waals surface area contributed by atoms with Crippen LogP contribution in [0.25, 0.3) is 0 Å². The number of aliphatic hydroxyl groups is 1. The molecule has 1 heterocycles. The largest absolute Gasteiger partial charge is 0.390 e. The van der Waals surface area contributed by atoms with Gasteiger partial charge in [-0.2, -0.15) is 0 Å². The van der Waals surface area contributed by atoms with Gasteiger partial charge in [0.1, 0.15) is 0 Å². The molecule has 0 aromatic carbocycles. The summed E-state index contributed by atoms with van der Waals surface area (Å²) in [6.45, 7) is 8.24. The number of hydrogen-bond acceptors (Lipinski definition) is 2. The van der Waals surface area contributed by atoms with Gasteiger partial charge in [0.05, 0.1) is 5.60 Å². The molecule has 1 rings (SSSR count). The Hall–Kier alpha value is -0.0800. The van der Waals surface area contributed by atoms with Crippen LogP contribution in [0.15, 0.2) is 0 Å². The van der Waals surface area contributed by atoms with Crippen LogP contribution in [-0.2, 0) is 0 Å². The average molecular weight is 171 g/mol. The van der Waals surface area contributed by atoms with Gasteiger partial charge in [0.25, 0.3) is 0 Å². The summed E-state index contributed by atoms with van der Waals surface area (Å²) in [5.74, 6) is 0.786. The Labute approximate surface area is 75.4 Å². The van der Waals surface area contributed by atoms with E-state index in [1.54, 1.807) is 0 Å². The molecule has 0 amide bonds. The van der Waals surface area contributed by atoms with E-state index in [1.165, 1.54) is 6.42 Å². The normalized spacial score (nSPS) is 30.2. The van der Waals surface area contributed by atoms with Crippen molar-refractivity contribution in [3.63, 3.8) is 0 Å². The van der Waals surface area contributed by atoms with Crippen molar-refractivity contribution in [2.75, 3.05) is 13.1 Å². The first-order valence-electron chi connectivity index (χ1n) is 4.98. The molecule has 1 unspecified atom stereocenters. The molecule has 1 fully saturated rings. The predicted octanol–water partition coefficient (Wildman–Crippen LogP) is 1.39. The van der Waals surface area contributed by atoms with Crippen LogP contribution in [0.3, 0.4) is 0 Å². The van der Waals surface area contributed by atoms with Crippen molar-refractivity contribution in [1.29, 1.82) is 0 Å². The standard InChI is InChI=1S/C10H21NO/c1-8(2)10(3,12)9-5-4-6-11-7-9/h8-9,11-12H,4-7H2,1-3H3/t9?,10-/m1/s1. The van der Waals surface area contributed by atoms with E-state index in [2.05, 4.69) is 19.2 Å². The Bertz CT molecular complexity index is 137. The van der Waals surface area contributed by atoms with Crippen molar-refractivity contribution in [2.45, 2.75) is 39.2 Å². The topological polar surface area (TPSA) is 32.3 Å². The van der Waals surface area contributed by atoms with Gasteiger partial charge in [-0.15, -0.1) is 0 Å². The van der Waals surface area contributed by atoms with Crippen LogP contribution < -0.4 is 5.32 Å². The van der Waals surface area contributed by atoms with Crippen LogP contribution in [-0.4, -0.2) is 23.8 Å². The maximum atomic E-state index is 10.2. The Morgan fingerprint density at radius 2 is 2.17 bits per heavy atom. The quantitative estimate of drug-likeness (QED) is 0.658. The highest BCUT2D eigenvalue weighted by Crippen LogP contribution is 2.30. The lowest BCUT2D eigenvalue weighted by atomic mass is 9.76. The average Bonchev–Trinajstić information content (AvgIpc) is 2.06. The Kier molecular flexibility index (Phi) is 3.13. The van der Waals surface area contributed by atoms with Gasteiger partial charge < -0.3 is 10.4 Å². The van der Waals surface area contributed by atoms with E-state index in [4.69, 9.17) is 0 Å². The van der Waals surface area contributed by atoms with Crippen molar-refractivity contribution in [1.82, 2.24) is 5.32 Å². The summed E-state index contributed by atoms with van der Waals surface area (Å²) in [5, 5.41) is 13.5. The third-order valence-electron chi connectivity index (χ3n) is 3.29. The fraction of sp³-hybridized carbons (Fsp3) is 1.00. The molecule has 0 saturated carbocycles. The third kappa shape index (κ3) is 1.99. The molecule has 0 aliphatic carbocycles. The Balaban J connectivity index is 2.53. The monoisotopic (exact) mass is 171 g/mol. The van der Waals surface area contributed by atoms with E-state index >= 15 is 0 Å². The summed E-state index contributed by atoms with van der Waals surface area (Å²) in [4.78, 5) is 0. The SMILES string of the molecule is CC(C)[C@@](C)(O)C1CCCNC1. The van der Waals surface area contributed by atoms with Gasteiger partial charge in [-0.25, -0.2) is 0 Å². The van der Waals surface area contributed by atoms with Crippen LogP contribution in [0.4, 0.5) is 0 Å². The van der Waals surface area contributed by atoms with Crippen LogP contribution in [0.5, 0.6) is 0 Å². The first-order valence-corrected chi connectivity index (χ1v) is 4.98. The number of nitrogens with one attached hydrogen (secondary N) is 1. The fourth-order valence-corrected chi connectivity index (χ4v) is 1.82. The zero-order valence-corrected chi connectivity index (χ0v) is 8.43. The van der Waals surface area contributed by atoms with Crippen molar-refractivity contribution in [3.8, 4) is 0 Å². The molecule has 2 atom stereocenters. The van der Waals surface area contributed by atoms with E-state index in [-0.39, 0.29) is 0 Å². The second kappa shape index (κ2) is 3.75. The molecule has 0 aromatic rings. The van der Waals surface area contributed by atoms with Crippen molar-refractivity contribution >= 4 is 0 Å². The molecule has 0 spiro atoms. The van der Waals surface area contributed by atoms with Crippen molar-refractivity contribution in [3.05, 3.63) is 0 Å². The van der Waals surface area contributed by atoms with Gasteiger partial charge in [-0.1, -0.05) is 13.8 Å². The molecule has 0 radical (unpaired) electrons. The minimum Gasteiger partial charge on any atom is -0.390 e. The Morgan fingerprint density at radius 1 is 1.50 bits per heavy atom. The summed E-state index contributed by atoms with van der Waals surface area (Å²) < 4.78 is 0. The van der Waals surface area contributed by atoms with E-state index in [9.17, 15) is 5.11 Å². The maximum absolute atomic E-state index is 10.2. The van der Waals surface area contributed by atoms with Gasteiger partial charge in [-0.3, -0.25) is 0 Å². The number of rotatable bonds is 2. The second-order valence-corrected chi connectivity index (χ2v) is 4.42. The van der Waals surface area contributed by atoms with E-state index in [0.717, 1.165) is 19.5 Å². The highest BCUT2D eigenvalue weighted by molar-refractivity contribution is 4.88. The molecule has 1 aliphatic rings. The van der Waals surface area contributed by atoms with Gasteiger partial charge in [0.2, 0.25) is 0 Å². The lowest BCUT2D eigenvalue weighted by molar-refractivity contribution is -0.0493. The number of hydrogen-bond donors (Lipinski definition) is 2. The van der Waals surface area contributed by atoms with Crippen LogP contribution >= 0.6 is 0 Å². The van der Waals surface area contributed by atoms with Crippen LogP contribution in [0, 0.1) is 11.8 Å². The number of piperidine rings is 1. The summed E-state index contributed by atoms with van der Waals surface area (Å²) in [5.41, 5.74) is -0.493. The van der Waals surface area contributed by atoms with E-state index < -0.39 is 5.60 Å². The molecule has 72 valence electrons. The predicted molar refractivity (Wildman–Crippen MR) is 51.1 cm³/mol. The molecule has 12 heavy (non-hydrogen) atoms. The fourth-order valence-electron chi connectivity index (χ4n) is 1.82. The minimum atomic E-state index is -0.493. The van der Waals surface area contributed by atoms with Crippen molar-refractivity contribution in [2.24, 2.45) is 11.8 Å². The van der Waals surface area contributed by atoms with Gasteiger partial charge in [0, 0.05) is 12.5 Å². The third-order valence-corrected chi connectivity index (χ3v) is 3.29. The molecule has 2 heteroatoms. The first kappa shape index (κ1) is 10.0. The Morgan fingerprint density at radius 3 is 2.58 bits per heavy atom. The summed E-state index contributed by atoms with van der Waals surface area (Å²) in [6, 6.07) is 0. The van der Waals surface area contributed by atoms with Gasteiger partial charge >= 0.3 is 0 Å². The summed E-state index contributed by atoms with van der Waals surface area (Å²) in [7, 11) is 0. The maximum Gasteiger partial charge on any atom is 0.0682 e. The summed E-state index contributed by atoms with van der Waals surface area (Å²) in [6.07, 6.45) is 2.37. The van der Waals surface area contributed by atoms with Crippen LogP contribution in [0.2, 0.25) is 0 Å². The lowest BCUT2D eigenvalue weighted by Gasteiger charge is -2.38. The highest BCUT2D eigenvalue weighted by Gasteiger charge is 2.35. The lowest BCUT2D eigenvalue weighted by Crippen LogP contribution is -2.47. The van der Waals surface area contributed by atoms with Crippen molar-refractivity contribution < 1.29 is 5.11 Å². The van der Waals surface area contributed by atoms with Crippen LogP contribution in [0.1, 0.15) is 33.6 Å². The van der Waals surface area contributed by atoms with Gasteiger partial charge in [0.15, 0.2) is 0 Å². The first-order chi connectivity index (χ1) is 5.55. The highest BCUT2D eigenvalue weighted by atomic mass is 16.3. The van der Waals surface area contributed by atoms with E-state index in [1.807, 2.05) is 6.92 Å². The summed E-state index contributed by atoms with van der Waals surface area (Å²) >= 11 is 0. The van der Waals surface area contributed by atoms with Gasteiger partial charge in [-0.05, 0) is 32.2 Å². The molecule has 1 saturated heterocycles. The zero-order chi connectivity index (χ0) is 9.19. The molecule has 2 N–H and O–H groups in total. The second-order valence-electron chi connectivity index (χ2n) is 4.42. The van der Waals surface area contributed by atoms with E-state index in [0.29, 0.717) is 11.8 Å². The molecule has 2 nitrogen and oxygen atoms in total. The molecular formula is C10H21NO. The zero-order valence-electron chi connectivity index (χ0n) is 8.43.